The molecule has 0 atom stereocenters. The fourth-order valence-corrected chi connectivity index (χ4v) is 2.03. The average Bonchev–Trinajstić information content (AvgIpc) is 2.26. The van der Waals surface area contributed by atoms with Gasteiger partial charge in [0.05, 0.1) is 0 Å². The Morgan fingerprint density at radius 3 is 2.94 bits per heavy atom. The van der Waals surface area contributed by atoms with Crippen molar-refractivity contribution in [1.29, 1.82) is 0 Å². The third-order valence-electron chi connectivity index (χ3n) is 3.10. The number of carbonyl (C=O) groups excluding carboxylic acids is 1. The Balaban J connectivity index is 2.12. The minimum Gasteiger partial charge on any atom is -0.315 e. The van der Waals surface area contributed by atoms with Crippen molar-refractivity contribution in [2.75, 3.05) is 13.1 Å². The topological polar surface area (TPSA) is 42.0 Å². The number of carbonyl (C=O) groups is 1. The van der Waals surface area contributed by atoms with Crippen LogP contribution in [0.4, 0.5) is 0 Å². The predicted molar refractivity (Wildman–Crippen MR) is 62.4 cm³/mol. The highest BCUT2D eigenvalue weighted by atomic mass is 16.1. The maximum absolute atomic E-state index is 12.2. The second-order valence-corrected chi connectivity index (χ2v) is 4.12. The van der Waals surface area contributed by atoms with Crippen LogP contribution in [0.15, 0.2) is 36.7 Å². The molecule has 3 heteroatoms. The molecule has 0 radical (unpaired) electrons. The Kier molecular flexibility index (Phi) is 2.18. The van der Waals surface area contributed by atoms with Gasteiger partial charge in [0.15, 0.2) is 5.78 Å². The molecule has 1 aromatic carbocycles. The molecule has 1 N–H and O–H groups in total. The molecule has 1 aliphatic heterocycles. The molecule has 2 aromatic rings. The fraction of sp³-hybridized carbons (Fsp3) is 0.231. The van der Waals surface area contributed by atoms with Crippen molar-refractivity contribution < 1.29 is 4.79 Å². The summed E-state index contributed by atoms with van der Waals surface area (Å²) in [6, 6.07) is 7.72. The van der Waals surface area contributed by atoms with E-state index in [-0.39, 0.29) is 11.7 Å². The molecule has 0 spiro atoms. The minimum absolute atomic E-state index is 0.152. The van der Waals surface area contributed by atoms with Crippen LogP contribution in [0.3, 0.4) is 0 Å². The number of Topliss-reactive ketones (excluding diaryl/α,β-unsaturated/α-hetero) is 1. The normalized spacial score (nSPS) is 16.0. The van der Waals surface area contributed by atoms with Crippen LogP contribution in [0.5, 0.6) is 0 Å². The first-order chi connectivity index (χ1) is 7.86. The van der Waals surface area contributed by atoms with Gasteiger partial charge in [0, 0.05) is 42.4 Å². The van der Waals surface area contributed by atoms with Crippen LogP contribution in [0.1, 0.15) is 10.4 Å². The van der Waals surface area contributed by atoms with Gasteiger partial charge in [0.1, 0.15) is 0 Å². The molecule has 80 valence electrons. The van der Waals surface area contributed by atoms with E-state index in [1.807, 2.05) is 24.3 Å². The Labute approximate surface area is 93.5 Å². The summed E-state index contributed by atoms with van der Waals surface area (Å²) in [5, 5.41) is 5.16. The van der Waals surface area contributed by atoms with Gasteiger partial charge in [-0.05, 0) is 11.5 Å². The maximum atomic E-state index is 12.2. The van der Waals surface area contributed by atoms with E-state index in [0.29, 0.717) is 0 Å². The largest absolute Gasteiger partial charge is 0.315 e. The third-order valence-corrected chi connectivity index (χ3v) is 3.10. The first-order valence-electron chi connectivity index (χ1n) is 5.44. The number of fused-ring (bicyclic) bond motifs is 1. The highest BCUT2D eigenvalue weighted by Gasteiger charge is 2.26. The first-order valence-corrected chi connectivity index (χ1v) is 5.44. The molecule has 3 nitrogen and oxygen atoms in total. The van der Waals surface area contributed by atoms with Crippen LogP contribution in [0.2, 0.25) is 0 Å². The van der Waals surface area contributed by atoms with Crippen LogP contribution in [-0.2, 0) is 0 Å². The monoisotopic (exact) mass is 212 g/mol. The van der Waals surface area contributed by atoms with Crippen LogP contribution in [-0.4, -0.2) is 23.9 Å². The molecule has 0 saturated carbocycles. The summed E-state index contributed by atoms with van der Waals surface area (Å²) in [5.41, 5.74) is 0.825. The molecule has 16 heavy (non-hydrogen) atoms. The first kappa shape index (κ1) is 9.48. The fourth-order valence-electron chi connectivity index (χ4n) is 2.03. The van der Waals surface area contributed by atoms with E-state index < -0.39 is 0 Å². The van der Waals surface area contributed by atoms with Gasteiger partial charge in [-0.1, -0.05) is 18.2 Å². The Morgan fingerprint density at radius 2 is 2.19 bits per heavy atom. The van der Waals surface area contributed by atoms with Crippen LogP contribution in [0.25, 0.3) is 10.8 Å². The second-order valence-electron chi connectivity index (χ2n) is 4.12. The highest BCUT2D eigenvalue weighted by Crippen LogP contribution is 2.21. The average molecular weight is 212 g/mol. The summed E-state index contributed by atoms with van der Waals surface area (Å²) in [6.07, 6.45) is 3.53. The second kappa shape index (κ2) is 3.68. The van der Waals surface area contributed by atoms with E-state index >= 15 is 0 Å². The van der Waals surface area contributed by atoms with Gasteiger partial charge in [-0.15, -0.1) is 0 Å². The number of nitrogens with zero attached hydrogens (tertiary/aromatic N) is 1. The number of nitrogens with one attached hydrogen (secondary N) is 1. The number of rotatable bonds is 2. The molecular formula is C13H12N2O. The summed E-state index contributed by atoms with van der Waals surface area (Å²) in [6.45, 7) is 1.61. The number of aromatic nitrogens is 1. The van der Waals surface area contributed by atoms with E-state index in [0.717, 1.165) is 29.4 Å². The number of pyridine rings is 1. The Morgan fingerprint density at radius 1 is 1.31 bits per heavy atom. The van der Waals surface area contributed by atoms with Gasteiger partial charge in [0.2, 0.25) is 0 Å². The Bertz CT molecular complexity index is 541. The lowest BCUT2D eigenvalue weighted by Crippen LogP contribution is -2.46. The van der Waals surface area contributed by atoms with Gasteiger partial charge in [-0.25, -0.2) is 0 Å². The van der Waals surface area contributed by atoms with Gasteiger partial charge in [-0.3, -0.25) is 9.78 Å². The van der Waals surface area contributed by atoms with Crippen molar-refractivity contribution in [1.82, 2.24) is 10.3 Å². The molecule has 3 rings (SSSR count). The van der Waals surface area contributed by atoms with Crippen LogP contribution >= 0.6 is 0 Å². The quantitative estimate of drug-likeness (QED) is 0.769. The van der Waals surface area contributed by atoms with Crippen molar-refractivity contribution in [3.05, 3.63) is 42.2 Å². The van der Waals surface area contributed by atoms with Crippen molar-refractivity contribution in [2.24, 2.45) is 5.92 Å². The summed E-state index contributed by atoms with van der Waals surface area (Å²) >= 11 is 0. The SMILES string of the molecule is O=C(c1cccc2cnccc12)C1CNC1. The molecule has 2 heterocycles. The maximum Gasteiger partial charge on any atom is 0.169 e. The smallest absolute Gasteiger partial charge is 0.169 e. The number of hydrogen-bond acceptors (Lipinski definition) is 3. The lowest BCUT2D eigenvalue weighted by atomic mass is 9.90. The number of hydrogen-bond donors (Lipinski definition) is 1. The molecule has 0 amide bonds. The molecule has 1 aromatic heterocycles. The molecular weight excluding hydrogens is 200 g/mol. The highest BCUT2D eigenvalue weighted by molar-refractivity contribution is 6.09. The molecule has 1 saturated heterocycles. The zero-order valence-electron chi connectivity index (χ0n) is 8.81. The lowest BCUT2D eigenvalue weighted by molar-refractivity contribution is 0.0880. The molecule has 1 fully saturated rings. The zero-order chi connectivity index (χ0) is 11.0. The van der Waals surface area contributed by atoms with Gasteiger partial charge >= 0.3 is 0 Å². The third kappa shape index (κ3) is 1.41. The van der Waals surface area contributed by atoms with Gasteiger partial charge in [0.25, 0.3) is 0 Å². The Hall–Kier alpha value is -1.74. The number of benzene rings is 1. The summed E-state index contributed by atoms with van der Waals surface area (Å²) in [5.74, 6) is 0.398. The summed E-state index contributed by atoms with van der Waals surface area (Å²) in [7, 11) is 0. The predicted octanol–water partition coefficient (Wildman–Crippen LogP) is 1.64. The molecule has 1 aliphatic rings. The molecule has 0 bridgehead atoms. The van der Waals surface area contributed by atoms with E-state index in [4.69, 9.17) is 0 Å². The summed E-state index contributed by atoms with van der Waals surface area (Å²) < 4.78 is 0. The van der Waals surface area contributed by atoms with Crippen molar-refractivity contribution in [3.8, 4) is 0 Å². The molecule has 0 unspecified atom stereocenters. The molecule has 0 aliphatic carbocycles. The van der Waals surface area contributed by atoms with E-state index in [2.05, 4.69) is 10.3 Å². The van der Waals surface area contributed by atoms with Crippen LogP contribution < -0.4 is 5.32 Å². The van der Waals surface area contributed by atoms with Crippen molar-refractivity contribution in [3.63, 3.8) is 0 Å². The van der Waals surface area contributed by atoms with Crippen molar-refractivity contribution >= 4 is 16.6 Å². The van der Waals surface area contributed by atoms with E-state index in [1.54, 1.807) is 12.4 Å². The minimum atomic E-state index is 0.152. The zero-order valence-corrected chi connectivity index (χ0v) is 8.81. The lowest BCUT2D eigenvalue weighted by Gasteiger charge is -2.26. The van der Waals surface area contributed by atoms with E-state index in [1.165, 1.54) is 0 Å². The van der Waals surface area contributed by atoms with Crippen molar-refractivity contribution in [2.45, 2.75) is 0 Å². The summed E-state index contributed by atoms with van der Waals surface area (Å²) in [4.78, 5) is 16.2. The van der Waals surface area contributed by atoms with E-state index in [9.17, 15) is 4.79 Å². The standard InChI is InChI=1S/C13H12N2O/c16-13(10-7-15-8-10)12-3-1-2-9-6-14-5-4-11(9)12/h1-6,10,15H,7-8H2. The van der Waals surface area contributed by atoms with Gasteiger partial charge in [-0.2, -0.15) is 0 Å². The number of ketones is 1. The van der Waals surface area contributed by atoms with Gasteiger partial charge < -0.3 is 5.32 Å². The van der Waals surface area contributed by atoms with Crippen LogP contribution in [0, 0.1) is 5.92 Å².